The second-order valence-corrected chi connectivity index (χ2v) is 8.30. The highest BCUT2D eigenvalue weighted by molar-refractivity contribution is 7.89. The van der Waals surface area contributed by atoms with Crippen molar-refractivity contribution in [2.75, 3.05) is 13.2 Å². The van der Waals surface area contributed by atoms with Gasteiger partial charge in [0.15, 0.2) is 6.61 Å². The van der Waals surface area contributed by atoms with Gasteiger partial charge in [0.05, 0.1) is 4.90 Å². The van der Waals surface area contributed by atoms with E-state index in [1.54, 1.807) is 30.3 Å². The number of halogens is 2. The zero-order valence-electron chi connectivity index (χ0n) is 15.1. The van der Waals surface area contributed by atoms with Crippen LogP contribution in [0.2, 0.25) is 10.0 Å². The van der Waals surface area contributed by atoms with Crippen molar-refractivity contribution in [3.05, 3.63) is 69.7 Å². The highest BCUT2D eigenvalue weighted by Gasteiger charge is 2.08. The summed E-state index contributed by atoms with van der Waals surface area (Å²) in [6.07, 6.45) is 3.10. The average molecular weight is 457 g/mol. The number of primary sulfonamides is 1. The maximum atomic E-state index is 11.7. The van der Waals surface area contributed by atoms with E-state index in [0.29, 0.717) is 28.6 Å². The number of nitrogens with one attached hydrogen (secondary N) is 1. The Morgan fingerprint density at radius 1 is 1.10 bits per heavy atom. The molecule has 0 aliphatic heterocycles. The molecule has 0 heterocycles. The lowest BCUT2D eigenvalue weighted by atomic mass is 10.1. The first kappa shape index (κ1) is 22.9. The van der Waals surface area contributed by atoms with Crippen LogP contribution in [0.1, 0.15) is 11.1 Å². The van der Waals surface area contributed by atoms with Gasteiger partial charge < -0.3 is 10.1 Å². The van der Waals surface area contributed by atoms with E-state index in [4.69, 9.17) is 33.1 Å². The van der Waals surface area contributed by atoms with Crippen molar-refractivity contribution in [1.82, 2.24) is 5.32 Å². The Morgan fingerprint density at radius 2 is 1.79 bits per heavy atom. The van der Waals surface area contributed by atoms with Crippen LogP contribution < -0.4 is 10.5 Å². The van der Waals surface area contributed by atoms with Crippen molar-refractivity contribution < 1.29 is 22.7 Å². The first-order chi connectivity index (χ1) is 13.6. The number of rotatable bonds is 8. The fourth-order valence-corrected chi connectivity index (χ4v) is 3.21. The number of esters is 1. The number of hydrogen-bond acceptors (Lipinski definition) is 5. The molecule has 0 saturated carbocycles. The zero-order chi connectivity index (χ0) is 21.4. The molecule has 0 radical (unpaired) electrons. The van der Waals surface area contributed by atoms with E-state index in [2.05, 4.69) is 5.32 Å². The third-order valence-electron chi connectivity index (χ3n) is 3.69. The van der Waals surface area contributed by atoms with Crippen molar-refractivity contribution in [1.29, 1.82) is 0 Å². The van der Waals surface area contributed by atoms with E-state index >= 15 is 0 Å². The molecule has 1 amide bonds. The van der Waals surface area contributed by atoms with E-state index < -0.39 is 28.5 Å². The summed E-state index contributed by atoms with van der Waals surface area (Å²) in [4.78, 5) is 23.5. The fraction of sp³-hybridized carbons (Fsp3) is 0.158. The van der Waals surface area contributed by atoms with Crippen LogP contribution in [0.3, 0.4) is 0 Å². The minimum atomic E-state index is -3.73. The third-order valence-corrected chi connectivity index (χ3v) is 5.19. The van der Waals surface area contributed by atoms with E-state index in [-0.39, 0.29) is 4.90 Å². The summed E-state index contributed by atoms with van der Waals surface area (Å²) >= 11 is 11.8. The van der Waals surface area contributed by atoms with Gasteiger partial charge in [-0.05, 0) is 47.9 Å². The Labute approximate surface area is 178 Å². The maximum absolute atomic E-state index is 11.7. The Bertz CT molecular complexity index is 1020. The second-order valence-electron chi connectivity index (χ2n) is 5.90. The minimum absolute atomic E-state index is 0.0186. The predicted molar refractivity (Wildman–Crippen MR) is 111 cm³/mol. The Kier molecular flexibility index (Phi) is 8.21. The second kappa shape index (κ2) is 10.4. The SMILES string of the molecule is NS(=O)(=O)c1ccc(CCNC(=O)COC(=O)/C=C/c2ccc(Cl)cc2Cl)cc1. The number of carbonyl (C=O) groups excluding carboxylic acids is 2. The molecule has 3 N–H and O–H groups in total. The Morgan fingerprint density at radius 3 is 2.41 bits per heavy atom. The van der Waals surface area contributed by atoms with Crippen LogP contribution in [0.15, 0.2) is 53.4 Å². The number of hydrogen-bond donors (Lipinski definition) is 2. The minimum Gasteiger partial charge on any atom is -0.452 e. The van der Waals surface area contributed by atoms with Gasteiger partial charge in [-0.25, -0.2) is 18.4 Å². The van der Waals surface area contributed by atoms with Gasteiger partial charge in [-0.15, -0.1) is 0 Å². The average Bonchev–Trinajstić information content (AvgIpc) is 2.65. The Hall–Kier alpha value is -2.39. The van der Waals surface area contributed by atoms with Gasteiger partial charge in [0, 0.05) is 22.7 Å². The van der Waals surface area contributed by atoms with Crippen molar-refractivity contribution in [2.24, 2.45) is 5.14 Å². The summed E-state index contributed by atoms with van der Waals surface area (Å²) in [6, 6.07) is 10.8. The van der Waals surface area contributed by atoms with Gasteiger partial charge in [-0.1, -0.05) is 41.4 Å². The monoisotopic (exact) mass is 456 g/mol. The lowest BCUT2D eigenvalue weighted by Gasteiger charge is -2.06. The van der Waals surface area contributed by atoms with Crippen LogP contribution in [-0.2, 0) is 30.8 Å². The van der Waals surface area contributed by atoms with Crippen molar-refractivity contribution in [3.8, 4) is 0 Å². The van der Waals surface area contributed by atoms with Crippen LogP contribution in [-0.4, -0.2) is 33.4 Å². The quantitative estimate of drug-likeness (QED) is 0.467. The normalized spacial score (nSPS) is 11.4. The van der Waals surface area contributed by atoms with Gasteiger partial charge in [-0.2, -0.15) is 0 Å². The highest BCUT2D eigenvalue weighted by atomic mass is 35.5. The molecule has 2 aromatic carbocycles. The summed E-state index contributed by atoms with van der Waals surface area (Å²) in [5, 5.41) is 8.49. The van der Waals surface area contributed by atoms with Gasteiger partial charge in [0.1, 0.15) is 0 Å². The standard InChI is InChI=1S/C19H18Cl2N2O5S/c20-15-5-3-14(17(21)11-15)4-8-19(25)28-12-18(24)23-10-9-13-1-6-16(7-2-13)29(22,26)27/h1-8,11H,9-10,12H2,(H,23,24)(H2,22,26,27)/b8-4+. The molecule has 0 aromatic heterocycles. The number of sulfonamides is 1. The van der Waals surface area contributed by atoms with E-state index in [1.165, 1.54) is 18.2 Å². The van der Waals surface area contributed by atoms with E-state index in [0.717, 1.165) is 11.6 Å². The first-order valence-corrected chi connectivity index (χ1v) is 10.6. The van der Waals surface area contributed by atoms with Gasteiger partial charge >= 0.3 is 5.97 Å². The molecule has 0 fully saturated rings. The molecule has 0 aliphatic rings. The summed E-state index contributed by atoms with van der Waals surface area (Å²) in [5.74, 6) is -1.15. The summed E-state index contributed by atoms with van der Waals surface area (Å²) in [5.41, 5.74) is 1.41. The largest absolute Gasteiger partial charge is 0.452 e. The number of benzene rings is 2. The van der Waals surface area contributed by atoms with Crippen molar-refractivity contribution >= 4 is 51.2 Å². The molecule has 154 valence electrons. The molecule has 0 saturated heterocycles. The van der Waals surface area contributed by atoms with Crippen LogP contribution in [0.4, 0.5) is 0 Å². The van der Waals surface area contributed by atoms with Crippen LogP contribution >= 0.6 is 23.2 Å². The fourth-order valence-electron chi connectivity index (χ4n) is 2.22. The van der Waals surface area contributed by atoms with Gasteiger partial charge in [0.2, 0.25) is 10.0 Å². The molecule has 10 heteroatoms. The molecular formula is C19H18Cl2N2O5S. The van der Waals surface area contributed by atoms with Crippen LogP contribution in [0, 0.1) is 0 Å². The lowest BCUT2D eigenvalue weighted by Crippen LogP contribution is -2.30. The first-order valence-electron chi connectivity index (χ1n) is 8.33. The molecule has 7 nitrogen and oxygen atoms in total. The molecule has 2 rings (SSSR count). The molecule has 0 unspecified atom stereocenters. The highest BCUT2D eigenvalue weighted by Crippen LogP contribution is 2.21. The lowest BCUT2D eigenvalue weighted by molar-refractivity contribution is -0.143. The van der Waals surface area contributed by atoms with Crippen molar-refractivity contribution in [2.45, 2.75) is 11.3 Å². The Balaban J connectivity index is 1.72. The molecule has 2 aromatic rings. The van der Waals surface area contributed by atoms with Crippen molar-refractivity contribution in [3.63, 3.8) is 0 Å². The van der Waals surface area contributed by atoms with E-state index in [1.807, 2.05) is 0 Å². The van der Waals surface area contributed by atoms with E-state index in [9.17, 15) is 18.0 Å². The number of nitrogens with two attached hydrogens (primary N) is 1. The summed E-state index contributed by atoms with van der Waals surface area (Å²) < 4.78 is 27.2. The molecule has 0 spiro atoms. The third kappa shape index (κ3) is 7.86. The molecule has 0 atom stereocenters. The smallest absolute Gasteiger partial charge is 0.331 e. The van der Waals surface area contributed by atoms with Crippen LogP contribution in [0.5, 0.6) is 0 Å². The molecule has 29 heavy (non-hydrogen) atoms. The van der Waals surface area contributed by atoms with Gasteiger partial charge in [0.25, 0.3) is 5.91 Å². The van der Waals surface area contributed by atoms with Gasteiger partial charge in [-0.3, -0.25) is 4.79 Å². The summed E-state index contributed by atoms with van der Waals surface area (Å²) in [6.45, 7) is -0.136. The topological polar surface area (TPSA) is 116 Å². The molecule has 0 aliphatic carbocycles. The molecular weight excluding hydrogens is 439 g/mol. The number of ether oxygens (including phenoxy) is 1. The van der Waals surface area contributed by atoms with Crippen LogP contribution in [0.25, 0.3) is 6.08 Å². The number of carbonyl (C=O) groups is 2. The predicted octanol–water partition coefficient (Wildman–Crippen LogP) is 2.56. The molecule has 0 bridgehead atoms. The number of amides is 1. The zero-order valence-corrected chi connectivity index (χ0v) is 17.4. The summed E-state index contributed by atoms with van der Waals surface area (Å²) in [7, 11) is -3.73. The maximum Gasteiger partial charge on any atom is 0.331 e.